The van der Waals surface area contributed by atoms with Gasteiger partial charge in [0.25, 0.3) is 0 Å². The van der Waals surface area contributed by atoms with Crippen molar-refractivity contribution in [3.8, 4) is 0 Å². The van der Waals surface area contributed by atoms with E-state index < -0.39 is 0 Å². The normalized spacial score (nSPS) is 51.5. The number of carbonyl (C=O) groups is 2. The fourth-order valence-electron chi connectivity index (χ4n) is 8.04. The number of ketones is 2. The van der Waals surface area contributed by atoms with Gasteiger partial charge in [0.1, 0.15) is 11.6 Å². The zero-order valence-corrected chi connectivity index (χ0v) is 15.2. The van der Waals surface area contributed by atoms with E-state index in [2.05, 4.69) is 6.92 Å². The quantitative estimate of drug-likeness (QED) is 0.682. The van der Waals surface area contributed by atoms with E-state index in [-0.39, 0.29) is 5.41 Å². The molecule has 2 heteroatoms. The van der Waals surface area contributed by atoms with Crippen molar-refractivity contribution < 1.29 is 9.59 Å². The second-order valence-electron chi connectivity index (χ2n) is 10.1. The maximum Gasteiger partial charge on any atom is 0.139 e. The second kappa shape index (κ2) is 5.17. The third kappa shape index (κ3) is 2.01. The Morgan fingerprint density at radius 1 is 0.750 bits per heavy atom. The van der Waals surface area contributed by atoms with E-state index in [9.17, 15) is 9.59 Å². The molecule has 0 aromatic heterocycles. The molecular weight excluding hydrogens is 296 g/mol. The molecular formula is C22H32O2. The first kappa shape index (κ1) is 15.6. The summed E-state index contributed by atoms with van der Waals surface area (Å²) in [5.74, 6) is 5.04. The van der Waals surface area contributed by atoms with Gasteiger partial charge in [0.05, 0.1) is 0 Å². The molecule has 0 heterocycles. The summed E-state index contributed by atoms with van der Waals surface area (Å²) in [6.45, 7) is 2.28. The summed E-state index contributed by atoms with van der Waals surface area (Å²) in [6.07, 6.45) is 14.0. The summed E-state index contributed by atoms with van der Waals surface area (Å²) in [4.78, 5) is 24.7. The van der Waals surface area contributed by atoms with Crippen molar-refractivity contribution in [2.24, 2.45) is 40.4 Å². The molecule has 0 aliphatic heterocycles. The van der Waals surface area contributed by atoms with Gasteiger partial charge in [0, 0.05) is 24.7 Å². The Bertz CT molecular complexity index is 577. The van der Waals surface area contributed by atoms with Crippen molar-refractivity contribution in [2.75, 3.05) is 0 Å². The highest BCUT2D eigenvalue weighted by molar-refractivity contribution is 5.87. The van der Waals surface area contributed by atoms with E-state index >= 15 is 0 Å². The Morgan fingerprint density at radius 3 is 2.25 bits per heavy atom. The van der Waals surface area contributed by atoms with Crippen LogP contribution in [0.2, 0.25) is 0 Å². The first-order valence-electron chi connectivity index (χ1n) is 10.6. The maximum absolute atomic E-state index is 12.5. The summed E-state index contributed by atoms with van der Waals surface area (Å²) in [5.41, 5.74) is 0.505. The molecule has 5 aliphatic carbocycles. The Hall–Kier alpha value is -0.660. The van der Waals surface area contributed by atoms with E-state index in [1.807, 2.05) is 0 Å². The average Bonchev–Trinajstić information content (AvgIpc) is 3.38. The van der Waals surface area contributed by atoms with Gasteiger partial charge in [0.2, 0.25) is 0 Å². The molecule has 2 nitrogen and oxygen atoms in total. The van der Waals surface area contributed by atoms with Gasteiger partial charge in [-0.2, -0.15) is 0 Å². The molecule has 5 rings (SSSR count). The Kier molecular flexibility index (Phi) is 3.36. The zero-order chi connectivity index (χ0) is 16.5. The van der Waals surface area contributed by atoms with E-state index in [1.54, 1.807) is 0 Å². The van der Waals surface area contributed by atoms with Crippen LogP contribution in [0.3, 0.4) is 0 Å². The molecule has 24 heavy (non-hydrogen) atoms. The molecule has 132 valence electrons. The lowest BCUT2D eigenvalue weighted by atomic mass is 9.47. The lowest BCUT2D eigenvalue weighted by Crippen LogP contribution is -2.51. The number of hydrogen-bond acceptors (Lipinski definition) is 2. The molecule has 0 bridgehead atoms. The third-order valence-electron chi connectivity index (χ3n) is 9.39. The minimum Gasteiger partial charge on any atom is -0.300 e. The monoisotopic (exact) mass is 328 g/mol. The fourth-order valence-corrected chi connectivity index (χ4v) is 8.04. The molecule has 2 unspecified atom stereocenters. The lowest BCUT2D eigenvalue weighted by Gasteiger charge is -2.57. The Balaban J connectivity index is 1.49. The predicted molar refractivity (Wildman–Crippen MR) is 93.4 cm³/mol. The SMILES string of the molecule is C[C@]12CCC3[C@@H](CC[C@]4(C5CC5)CCC(=O)CC[C@H]34)C1CCC2=O. The van der Waals surface area contributed by atoms with Crippen LogP contribution in [0.5, 0.6) is 0 Å². The maximum atomic E-state index is 12.5. The van der Waals surface area contributed by atoms with Crippen LogP contribution in [0, 0.1) is 40.4 Å². The average molecular weight is 328 g/mol. The van der Waals surface area contributed by atoms with Crippen LogP contribution in [0.15, 0.2) is 0 Å². The molecule has 5 saturated carbocycles. The van der Waals surface area contributed by atoms with Crippen molar-refractivity contribution >= 4 is 11.6 Å². The van der Waals surface area contributed by atoms with Crippen LogP contribution in [0.25, 0.3) is 0 Å². The van der Waals surface area contributed by atoms with Crippen molar-refractivity contribution in [3.63, 3.8) is 0 Å². The smallest absolute Gasteiger partial charge is 0.139 e. The zero-order valence-electron chi connectivity index (χ0n) is 15.2. The highest BCUT2D eigenvalue weighted by atomic mass is 16.1. The second-order valence-corrected chi connectivity index (χ2v) is 10.1. The molecule has 0 aromatic rings. The van der Waals surface area contributed by atoms with Crippen LogP contribution in [0.1, 0.15) is 84.0 Å². The molecule has 0 aromatic carbocycles. The molecule has 5 aliphatic rings. The van der Waals surface area contributed by atoms with Crippen LogP contribution in [-0.4, -0.2) is 11.6 Å². The number of hydrogen-bond donors (Lipinski definition) is 0. The van der Waals surface area contributed by atoms with E-state index in [0.717, 1.165) is 62.2 Å². The molecule has 5 fully saturated rings. The van der Waals surface area contributed by atoms with E-state index in [0.29, 0.717) is 22.9 Å². The standard InChI is InChI=1S/C22H32O2/c1-21-11-9-17-16(18(21)6-7-20(21)24)10-13-22(14-2-3-14)12-8-15(23)4-5-19(17)22/h14,16-19H,2-13H2,1H3/t16-,17?,18?,19-,21+,22+/m1/s1. The van der Waals surface area contributed by atoms with Crippen molar-refractivity contribution in [2.45, 2.75) is 84.0 Å². The van der Waals surface area contributed by atoms with Gasteiger partial charge in [-0.15, -0.1) is 0 Å². The van der Waals surface area contributed by atoms with Gasteiger partial charge < -0.3 is 0 Å². The van der Waals surface area contributed by atoms with Gasteiger partial charge in [-0.05, 0) is 92.8 Å². The van der Waals surface area contributed by atoms with Gasteiger partial charge in [-0.3, -0.25) is 9.59 Å². The fraction of sp³-hybridized carbons (Fsp3) is 0.909. The van der Waals surface area contributed by atoms with Gasteiger partial charge in [0.15, 0.2) is 0 Å². The highest BCUT2D eigenvalue weighted by Crippen LogP contribution is 2.68. The van der Waals surface area contributed by atoms with Gasteiger partial charge in [-0.1, -0.05) is 6.92 Å². The van der Waals surface area contributed by atoms with Crippen LogP contribution < -0.4 is 0 Å². The number of fused-ring (bicyclic) bond motifs is 5. The third-order valence-corrected chi connectivity index (χ3v) is 9.39. The Labute approximate surface area is 146 Å². The number of rotatable bonds is 1. The van der Waals surface area contributed by atoms with Crippen molar-refractivity contribution in [3.05, 3.63) is 0 Å². The summed E-state index contributed by atoms with van der Waals surface area (Å²) >= 11 is 0. The van der Waals surface area contributed by atoms with Crippen LogP contribution >= 0.6 is 0 Å². The first-order chi connectivity index (χ1) is 11.5. The lowest BCUT2D eigenvalue weighted by molar-refractivity contribution is -0.135. The van der Waals surface area contributed by atoms with Gasteiger partial charge >= 0.3 is 0 Å². The largest absolute Gasteiger partial charge is 0.300 e. The van der Waals surface area contributed by atoms with Crippen molar-refractivity contribution in [1.82, 2.24) is 0 Å². The topological polar surface area (TPSA) is 34.1 Å². The molecule has 6 atom stereocenters. The Morgan fingerprint density at radius 2 is 1.46 bits per heavy atom. The molecule has 0 spiro atoms. The minimum absolute atomic E-state index is 0.00129. The number of Topliss-reactive ketones (excluding diaryl/α,β-unsaturated/α-hetero) is 2. The summed E-state index contributed by atoms with van der Waals surface area (Å²) < 4.78 is 0. The first-order valence-corrected chi connectivity index (χ1v) is 10.6. The molecule has 0 amide bonds. The molecule has 0 N–H and O–H groups in total. The summed E-state index contributed by atoms with van der Waals surface area (Å²) in [5, 5.41) is 0. The van der Waals surface area contributed by atoms with Crippen molar-refractivity contribution in [1.29, 1.82) is 0 Å². The predicted octanol–water partition coefficient (Wildman–Crippen LogP) is 4.95. The van der Waals surface area contributed by atoms with E-state index in [4.69, 9.17) is 0 Å². The number of carbonyl (C=O) groups excluding carboxylic acids is 2. The molecule has 0 saturated heterocycles. The van der Waals surface area contributed by atoms with Crippen LogP contribution in [0.4, 0.5) is 0 Å². The van der Waals surface area contributed by atoms with Crippen LogP contribution in [-0.2, 0) is 9.59 Å². The highest BCUT2D eigenvalue weighted by Gasteiger charge is 2.61. The molecule has 0 radical (unpaired) electrons. The summed E-state index contributed by atoms with van der Waals surface area (Å²) in [6, 6.07) is 0. The minimum atomic E-state index is 0.00129. The summed E-state index contributed by atoms with van der Waals surface area (Å²) in [7, 11) is 0. The van der Waals surface area contributed by atoms with Gasteiger partial charge in [-0.25, -0.2) is 0 Å². The van der Waals surface area contributed by atoms with E-state index in [1.165, 1.54) is 38.5 Å².